The number of halogens is 1. The van der Waals surface area contributed by atoms with Gasteiger partial charge in [-0.2, -0.15) is 0 Å². The van der Waals surface area contributed by atoms with E-state index in [9.17, 15) is 0 Å². The predicted octanol–water partition coefficient (Wildman–Crippen LogP) is 3.47. The van der Waals surface area contributed by atoms with Gasteiger partial charge in [0.05, 0.1) is 0 Å². The van der Waals surface area contributed by atoms with Gasteiger partial charge in [0.2, 0.25) is 0 Å². The minimum Gasteiger partial charge on any atom is -0.371 e. The molecule has 0 aromatic heterocycles. The van der Waals surface area contributed by atoms with Crippen LogP contribution in [-0.4, -0.2) is 19.1 Å². The number of piperidine rings is 1. The Balaban J connectivity index is 2.08. The van der Waals surface area contributed by atoms with Gasteiger partial charge < -0.3 is 10.6 Å². The molecule has 1 aliphatic heterocycles. The van der Waals surface area contributed by atoms with E-state index in [0.717, 1.165) is 36.0 Å². The third kappa shape index (κ3) is 3.39. The zero-order chi connectivity index (χ0) is 13.1. The molecule has 2 rings (SSSR count). The summed E-state index contributed by atoms with van der Waals surface area (Å²) < 4.78 is 0. The molecule has 100 valence electrons. The van der Waals surface area contributed by atoms with Crippen LogP contribution in [0, 0.1) is 5.92 Å². The van der Waals surface area contributed by atoms with Gasteiger partial charge >= 0.3 is 0 Å². The van der Waals surface area contributed by atoms with Crippen LogP contribution in [0.2, 0.25) is 5.02 Å². The monoisotopic (exact) mass is 266 g/mol. The summed E-state index contributed by atoms with van der Waals surface area (Å²) in [6.45, 7) is 6.63. The zero-order valence-electron chi connectivity index (χ0n) is 11.3. The predicted molar refractivity (Wildman–Crippen MR) is 79.4 cm³/mol. The number of benzene rings is 1. The van der Waals surface area contributed by atoms with Gasteiger partial charge in [-0.05, 0) is 49.8 Å². The van der Waals surface area contributed by atoms with E-state index in [0.29, 0.717) is 0 Å². The molecule has 1 aliphatic rings. The maximum Gasteiger partial charge on any atom is 0.0459 e. The summed E-state index contributed by atoms with van der Waals surface area (Å²) in [6, 6.07) is 6.55. The first-order valence-corrected chi connectivity index (χ1v) is 7.23. The summed E-state index contributed by atoms with van der Waals surface area (Å²) in [6.07, 6.45) is 3.40. The molecule has 0 aliphatic carbocycles. The van der Waals surface area contributed by atoms with Crippen LogP contribution < -0.4 is 10.6 Å². The van der Waals surface area contributed by atoms with Crippen molar-refractivity contribution in [1.29, 1.82) is 0 Å². The van der Waals surface area contributed by atoms with Crippen molar-refractivity contribution in [2.75, 3.05) is 18.0 Å². The quantitative estimate of drug-likeness (QED) is 0.908. The Morgan fingerprint density at radius 2 is 2.06 bits per heavy atom. The fraction of sp³-hybridized carbons (Fsp3) is 0.600. The number of nitrogens with two attached hydrogens (primary N) is 1. The van der Waals surface area contributed by atoms with Crippen molar-refractivity contribution >= 4 is 17.3 Å². The van der Waals surface area contributed by atoms with Gasteiger partial charge in [0.15, 0.2) is 0 Å². The average molecular weight is 267 g/mol. The van der Waals surface area contributed by atoms with E-state index in [4.69, 9.17) is 17.3 Å². The molecular formula is C15H23ClN2. The van der Waals surface area contributed by atoms with Crippen LogP contribution in [0.25, 0.3) is 0 Å². The molecule has 3 heteroatoms. The smallest absolute Gasteiger partial charge is 0.0459 e. The number of hydrogen-bond donors (Lipinski definition) is 1. The number of hydrogen-bond acceptors (Lipinski definition) is 2. The maximum absolute atomic E-state index is 6.34. The highest BCUT2D eigenvalue weighted by atomic mass is 35.5. The van der Waals surface area contributed by atoms with E-state index in [2.05, 4.69) is 30.0 Å². The van der Waals surface area contributed by atoms with Crippen molar-refractivity contribution in [2.24, 2.45) is 11.7 Å². The van der Waals surface area contributed by atoms with E-state index in [-0.39, 0.29) is 6.04 Å². The topological polar surface area (TPSA) is 29.3 Å². The van der Waals surface area contributed by atoms with Crippen LogP contribution in [0.5, 0.6) is 0 Å². The third-order valence-electron chi connectivity index (χ3n) is 3.73. The van der Waals surface area contributed by atoms with Crippen LogP contribution in [-0.2, 0) is 6.42 Å². The molecule has 1 heterocycles. The molecule has 1 saturated heterocycles. The second kappa shape index (κ2) is 5.94. The van der Waals surface area contributed by atoms with Crippen LogP contribution in [0.3, 0.4) is 0 Å². The van der Waals surface area contributed by atoms with Gasteiger partial charge in [-0.3, -0.25) is 0 Å². The minimum atomic E-state index is 0.157. The molecule has 0 radical (unpaired) electrons. The lowest BCUT2D eigenvalue weighted by Gasteiger charge is -2.32. The zero-order valence-corrected chi connectivity index (χ0v) is 12.1. The molecule has 1 aromatic carbocycles. The van der Waals surface area contributed by atoms with Gasteiger partial charge in [-0.15, -0.1) is 0 Å². The van der Waals surface area contributed by atoms with Crippen molar-refractivity contribution in [3.63, 3.8) is 0 Å². The summed E-state index contributed by atoms with van der Waals surface area (Å²) in [4.78, 5) is 2.43. The van der Waals surface area contributed by atoms with Crippen molar-refractivity contribution in [1.82, 2.24) is 0 Å². The highest BCUT2D eigenvalue weighted by molar-refractivity contribution is 6.31. The molecule has 0 spiro atoms. The lowest BCUT2D eigenvalue weighted by Crippen LogP contribution is -2.32. The second-order valence-electron chi connectivity index (χ2n) is 5.63. The first-order chi connectivity index (χ1) is 8.56. The molecule has 0 bridgehead atoms. The first-order valence-electron chi connectivity index (χ1n) is 6.85. The largest absolute Gasteiger partial charge is 0.371 e. The Bertz CT molecular complexity index is 395. The summed E-state index contributed by atoms with van der Waals surface area (Å²) in [7, 11) is 0. The number of anilines is 1. The van der Waals surface area contributed by atoms with E-state index in [1.54, 1.807) is 0 Å². The molecule has 1 aromatic rings. The molecule has 1 unspecified atom stereocenters. The Hall–Kier alpha value is -0.730. The van der Waals surface area contributed by atoms with Gasteiger partial charge in [0.1, 0.15) is 0 Å². The van der Waals surface area contributed by atoms with E-state index >= 15 is 0 Å². The Morgan fingerprint density at radius 3 is 2.61 bits per heavy atom. The molecule has 1 fully saturated rings. The average Bonchev–Trinajstić information content (AvgIpc) is 2.32. The van der Waals surface area contributed by atoms with Gasteiger partial charge in [0, 0.05) is 29.8 Å². The second-order valence-corrected chi connectivity index (χ2v) is 6.03. The van der Waals surface area contributed by atoms with Crippen LogP contribution >= 0.6 is 11.6 Å². The summed E-state index contributed by atoms with van der Waals surface area (Å²) in [5.41, 5.74) is 8.22. The maximum atomic E-state index is 6.34. The summed E-state index contributed by atoms with van der Waals surface area (Å²) in [5.74, 6) is 0.856. The van der Waals surface area contributed by atoms with Crippen molar-refractivity contribution in [3.05, 3.63) is 28.8 Å². The molecule has 18 heavy (non-hydrogen) atoms. The molecule has 2 N–H and O–H groups in total. The molecule has 0 saturated carbocycles. The Morgan fingerprint density at radius 1 is 1.39 bits per heavy atom. The molecular weight excluding hydrogens is 244 g/mol. The fourth-order valence-corrected chi connectivity index (χ4v) is 2.76. The van der Waals surface area contributed by atoms with E-state index < -0.39 is 0 Å². The Kier molecular flexibility index (Phi) is 4.52. The molecule has 0 amide bonds. The van der Waals surface area contributed by atoms with E-state index in [1.165, 1.54) is 18.5 Å². The highest BCUT2D eigenvalue weighted by Crippen LogP contribution is 2.27. The van der Waals surface area contributed by atoms with Crippen molar-refractivity contribution in [3.8, 4) is 0 Å². The van der Waals surface area contributed by atoms with Crippen LogP contribution in [0.15, 0.2) is 18.2 Å². The molecule has 2 nitrogen and oxygen atoms in total. The normalized spacial score (nSPS) is 19.0. The Labute approximate surface area is 115 Å². The van der Waals surface area contributed by atoms with Gasteiger partial charge in [0.25, 0.3) is 0 Å². The lowest BCUT2D eigenvalue weighted by atomic mass is 9.98. The minimum absolute atomic E-state index is 0.157. The number of nitrogens with zero attached hydrogens (tertiary/aromatic N) is 1. The SMILES string of the molecule is CC(N)Cc1ccc(N2CCC(C)CC2)cc1Cl. The first kappa shape index (κ1) is 13.7. The van der Waals surface area contributed by atoms with Crippen LogP contribution in [0.4, 0.5) is 5.69 Å². The van der Waals surface area contributed by atoms with E-state index in [1.807, 2.05) is 6.92 Å². The number of rotatable bonds is 3. The van der Waals surface area contributed by atoms with Crippen molar-refractivity contribution < 1.29 is 0 Å². The standard InChI is InChI=1S/C15H23ClN2/c1-11-5-7-18(8-6-11)14-4-3-13(9-12(2)17)15(16)10-14/h3-4,10-12H,5-9,17H2,1-2H3. The summed E-state index contributed by atoms with van der Waals surface area (Å²) >= 11 is 6.34. The fourth-order valence-electron chi connectivity index (χ4n) is 2.51. The van der Waals surface area contributed by atoms with Crippen molar-refractivity contribution in [2.45, 2.75) is 39.2 Å². The summed E-state index contributed by atoms with van der Waals surface area (Å²) in [5, 5.41) is 0.850. The van der Waals surface area contributed by atoms with Gasteiger partial charge in [-0.1, -0.05) is 24.6 Å². The third-order valence-corrected chi connectivity index (χ3v) is 4.08. The van der Waals surface area contributed by atoms with Gasteiger partial charge in [-0.25, -0.2) is 0 Å². The van der Waals surface area contributed by atoms with Crippen LogP contribution in [0.1, 0.15) is 32.3 Å². The molecule has 1 atom stereocenters. The lowest BCUT2D eigenvalue weighted by molar-refractivity contribution is 0.438. The highest BCUT2D eigenvalue weighted by Gasteiger charge is 2.16.